The van der Waals surface area contributed by atoms with E-state index in [4.69, 9.17) is 16.3 Å². The van der Waals surface area contributed by atoms with Crippen LogP contribution in [0.3, 0.4) is 0 Å². The highest BCUT2D eigenvalue weighted by molar-refractivity contribution is 6.67. The number of aromatic nitrogens is 1. The molecular weight excluding hydrogens is 202 g/mol. The number of halogens is 1. The number of carbonyl (C=O) groups excluding carboxylic acids is 1. The summed E-state index contributed by atoms with van der Waals surface area (Å²) in [6, 6.07) is 1.67. The normalized spacial score (nSPS) is 10.4. The van der Waals surface area contributed by atoms with Gasteiger partial charge in [-0.25, -0.2) is 4.98 Å². The van der Waals surface area contributed by atoms with Crippen LogP contribution in [0.1, 0.15) is 29.8 Å². The lowest BCUT2D eigenvalue weighted by molar-refractivity contribution is 0.108. The summed E-state index contributed by atoms with van der Waals surface area (Å²) < 4.78 is 5.41. The fourth-order valence-electron chi connectivity index (χ4n) is 1.02. The van der Waals surface area contributed by atoms with E-state index in [1.807, 2.05) is 20.8 Å². The van der Waals surface area contributed by atoms with Gasteiger partial charge in [-0.05, 0) is 38.4 Å². The van der Waals surface area contributed by atoms with Crippen LogP contribution in [-0.4, -0.2) is 16.3 Å². The highest BCUT2D eigenvalue weighted by atomic mass is 35.5. The molecule has 0 bridgehead atoms. The Morgan fingerprint density at radius 2 is 2.21 bits per heavy atom. The zero-order chi connectivity index (χ0) is 10.7. The van der Waals surface area contributed by atoms with Gasteiger partial charge >= 0.3 is 0 Å². The van der Waals surface area contributed by atoms with Crippen molar-refractivity contribution in [1.29, 1.82) is 0 Å². The number of carbonyl (C=O) groups is 1. The largest absolute Gasteiger partial charge is 0.475 e. The van der Waals surface area contributed by atoms with Crippen LogP contribution < -0.4 is 4.74 Å². The van der Waals surface area contributed by atoms with Crippen molar-refractivity contribution in [2.45, 2.75) is 26.9 Å². The van der Waals surface area contributed by atoms with Gasteiger partial charge in [-0.3, -0.25) is 4.79 Å². The number of hydrogen-bond acceptors (Lipinski definition) is 3. The van der Waals surface area contributed by atoms with Crippen LogP contribution >= 0.6 is 11.6 Å². The lowest BCUT2D eigenvalue weighted by Gasteiger charge is -2.10. The van der Waals surface area contributed by atoms with E-state index in [0.717, 1.165) is 5.56 Å². The van der Waals surface area contributed by atoms with Crippen molar-refractivity contribution < 1.29 is 9.53 Å². The van der Waals surface area contributed by atoms with E-state index in [-0.39, 0.29) is 6.10 Å². The summed E-state index contributed by atoms with van der Waals surface area (Å²) in [5, 5.41) is -0.503. The Morgan fingerprint density at radius 1 is 1.57 bits per heavy atom. The van der Waals surface area contributed by atoms with Crippen LogP contribution in [0, 0.1) is 6.92 Å². The minimum Gasteiger partial charge on any atom is -0.475 e. The summed E-state index contributed by atoms with van der Waals surface area (Å²) in [5.74, 6) is 0.543. The second-order valence-electron chi connectivity index (χ2n) is 3.29. The van der Waals surface area contributed by atoms with Crippen molar-refractivity contribution in [3.8, 4) is 5.88 Å². The lowest BCUT2D eigenvalue weighted by Crippen LogP contribution is -2.08. The third-order valence-electron chi connectivity index (χ3n) is 1.60. The van der Waals surface area contributed by atoms with E-state index >= 15 is 0 Å². The third-order valence-corrected chi connectivity index (χ3v) is 1.82. The first-order chi connectivity index (χ1) is 6.50. The Hall–Kier alpha value is -1.09. The number of aryl methyl sites for hydroxylation is 1. The predicted molar refractivity (Wildman–Crippen MR) is 54.9 cm³/mol. The molecule has 0 aliphatic rings. The van der Waals surface area contributed by atoms with Crippen LogP contribution in [-0.2, 0) is 0 Å². The topological polar surface area (TPSA) is 39.2 Å². The standard InChI is InChI=1S/C10H12ClNO2/c1-6(2)14-10-7(3)4-8(5-12-10)9(11)13/h4-6H,1-3H3. The zero-order valence-corrected chi connectivity index (χ0v) is 9.13. The maximum Gasteiger partial charge on any atom is 0.253 e. The molecule has 0 radical (unpaired) electrons. The molecule has 0 unspecified atom stereocenters. The van der Waals surface area contributed by atoms with Crippen LogP contribution in [0.5, 0.6) is 5.88 Å². The number of rotatable bonds is 3. The average Bonchev–Trinajstić information content (AvgIpc) is 2.07. The molecule has 1 aromatic rings. The highest BCUT2D eigenvalue weighted by Gasteiger charge is 2.08. The summed E-state index contributed by atoms with van der Waals surface area (Å²) in [5.41, 5.74) is 1.20. The van der Waals surface area contributed by atoms with E-state index in [1.165, 1.54) is 6.20 Å². The Morgan fingerprint density at radius 3 is 2.64 bits per heavy atom. The maximum absolute atomic E-state index is 10.8. The lowest BCUT2D eigenvalue weighted by atomic mass is 10.2. The molecule has 4 heteroatoms. The Labute approximate surface area is 88.1 Å². The minimum absolute atomic E-state index is 0.0683. The van der Waals surface area contributed by atoms with Crippen molar-refractivity contribution in [2.24, 2.45) is 0 Å². The third kappa shape index (κ3) is 2.70. The van der Waals surface area contributed by atoms with Crippen molar-refractivity contribution in [3.05, 3.63) is 23.4 Å². The van der Waals surface area contributed by atoms with Crippen LogP contribution in [0.15, 0.2) is 12.3 Å². The van der Waals surface area contributed by atoms with Crippen molar-refractivity contribution >= 4 is 16.8 Å². The minimum atomic E-state index is -0.503. The van der Waals surface area contributed by atoms with Crippen molar-refractivity contribution in [3.63, 3.8) is 0 Å². The highest BCUT2D eigenvalue weighted by Crippen LogP contribution is 2.17. The fourth-order valence-corrected chi connectivity index (χ4v) is 1.12. The maximum atomic E-state index is 10.8. The molecule has 0 saturated carbocycles. The summed E-state index contributed by atoms with van der Waals surface area (Å²) in [6.07, 6.45) is 1.49. The Kier molecular flexibility index (Phi) is 3.47. The van der Waals surface area contributed by atoms with Crippen molar-refractivity contribution in [2.75, 3.05) is 0 Å². The predicted octanol–water partition coefficient (Wildman–Crippen LogP) is 2.56. The molecule has 1 rings (SSSR count). The molecule has 76 valence electrons. The monoisotopic (exact) mass is 213 g/mol. The van der Waals surface area contributed by atoms with E-state index in [1.54, 1.807) is 6.07 Å². The smallest absolute Gasteiger partial charge is 0.253 e. The van der Waals surface area contributed by atoms with Gasteiger partial charge in [0.15, 0.2) is 0 Å². The number of ether oxygens (including phenoxy) is 1. The van der Waals surface area contributed by atoms with Crippen molar-refractivity contribution in [1.82, 2.24) is 4.98 Å². The molecule has 0 spiro atoms. The first-order valence-corrected chi connectivity index (χ1v) is 4.71. The zero-order valence-electron chi connectivity index (χ0n) is 8.37. The Balaban J connectivity index is 2.95. The van der Waals surface area contributed by atoms with Crippen LogP contribution in [0.4, 0.5) is 0 Å². The van der Waals surface area contributed by atoms with Crippen LogP contribution in [0.2, 0.25) is 0 Å². The summed E-state index contributed by atoms with van der Waals surface area (Å²) in [4.78, 5) is 14.8. The molecule has 1 aromatic heterocycles. The summed E-state index contributed by atoms with van der Waals surface area (Å²) in [6.45, 7) is 5.66. The van der Waals surface area contributed by atoms with Gasteiger partial charge < -0.3 is 4.74 Å². The molecule has 0 amide bonds. The van der Waals surface area contributed by atoms with Gasteiger partial charge in [0.1, 0.15) is 0 Å². The van der Waals surface area contributed by atoms with E-state index in [9.17, 15) is 4.79 Å². The molecule has 1 heterocycles. The first-order valence-electron chi connectivity index (χ1n) is 4.34. The van der Waals surface area contributed by atoms with Gasteiger partial charge in [-0.1, -0.05) is 0 Å². The SMILES string of the molecule is Cc1cc(C(=O)Cl)cnc1OC(C)C. The first kappa shape index (κ1) is 11.0. The molecule has 0 aliphatic heterocycles. The van der Waals surface area contributed by atoms with E-state index in [2.05, 4.69) is 4.98 Å². The molecule has 0 fully saturated rings. The molecule has 0 aliphatic carbocycles. The van der Waals surface area contributed by atoms with Gasteiger partial charge in [-0.2, -0.15) is 0 Å². The molecule has 0 saturated heterocycles. The molecule has 0 aromatic carbocycles. The molecular formula is C10H12ClNO2. The fraction of sp³-hybridized carbons (Fsp3) is 0.400. The average molecular weight is 214 g/mol. The molecule has 3 nitrogen and oxygen atoms in total. The van der Waals surface area contributed by atoms with Gasteiger partial charge in [0.25, 0.3) is 5.24 Å². The van der Waals surface area contributed by atoms with Crippen LogP contribution in [0.25, 0.3) is 0 Å². The number of hydrogen-bond donors (Lipinski definition) is 0. The van der Waals surface area contributed by atoms with E-state index < -0.39 is 5.24 Å². The summed E-state index contributed by atoms with van der Waals surface area (Å²) in [7, 11) is 0. The second kappa shape index (κ2) is 4.42. The van der Waals surface area contributed by atoms with Gasteiger partial charge in [0.05, 0.1) is 11.7 Å². The molecule has 14 heavy (non-hydrogen) atoms. The number of pyridine rings is 1. The van der Waals surface area contributed by atoms with Gasteiger partial charge in [0.2, 0.25) is 5.88 Å². The Bertz CT molecular complexity index is 350. The van der Waals surface area contributed by atoms with Gasteiger partial charge in [0, 0.05) is 11.8 Å². The summed E-state index contributed by atoms with van der Waals surface area (Å²) >= 11 is 5.31. The van der Waals surface area contributed by atoms with Gasteiger partial charge in [-0.15, -0.1) is 0 Å². The quantitative estimate of drug-likeness (QED) is 0.725. The second-order valence-corrected chi connectivity index (χ2v) is 3.63. The molecule has 0 N–H and O–H groups in total. The molecule has 0 atom stereocenters. The number of nitrogens with zero attached hydrogens (tertiary/aromatic N) is 1. The van der Waals surface area contributed by atoms with E-state index in [0.29, 0.717) is 11.4 Å².